The van der Waals surface area contributed by atoms with Crippen molar-refractivity contribution >= 4 is 5.78 Å². The zero-order chi connectivity index (χ0) is 11.0. The molecule has 16 heavy (non-hydrogen) atoms. The number of hydrogen-bond donors (Lipinski definition) is 0. The van der Waals surface area contributed by atoms with Crippen LogP contribution in [0.5, 0.6) is 0 Å². The highest BCUT2D eigenvalue weighted by molar-refractivity contribution is 6.10. The molecule has 0 spiro atoms. The van der Waals surface area contributed by atoms with E-state index in [1.165, 1.54) is 11.1 Å². The summed E-state index contributed by atoms with van der Waals surface area (Å²) in [6.45, 7) is 0. The molecule has 1 nitrogen and oxygen atoms in total. The quantitative estimate of drug-likeness (QED) is 0.693. The molecule has 0 bridgehead atoms. The van der Waals surface area contributed by atoms with E-state index in [0.29, 0.717) is 0 Å². The van der Waals surface area contributed by atoms with Gasteiger partial charge in [0.1, 0.15) is 0 Å². The van der Waals surface area contributed by atoms with Gasteiger partial charge in [0.2, 0.25) is 0 Å². The van der Waals surface area contributed by atoms with E-state index in [9.17, 15) is 4.79 Å². The number of hydrogen-bond acceptors (Lipinski definition) is 1. The van der Waals surface area contributed by atoms with Crippen LogP contribution in [0.2, 0.25) is 0 Å². The summed E-state index contributed by atoms with van der Waals surface area (Å²) in [4.78, 5) is 12.3. The Morgan fingerprint density at radius 1 is 0.875 bits per heavy atom. The average molecular weight is 208 g/mol. The van der Waals surface area contributed by atoms with E-state index in [0.717, 1.165) is 24.0 Å². The summed E-state index contributed by atoms with van der Waals surface area (Å²) in [5, 5.41) is 0. The first-order valence-electron chi connectivity index (χ1n) is 5.57. The molecule has 0 aromatic heterocycles. The zero-order valence-corrected chi connectivity index (χ0v) is 8.94. The lowest BCUT2D eigenvalue weighted by molar-refractivity contribution is 0.103. The number of benzene rings is 2. The summed E-state index contributed by atoms with van der Waals surface area (Å²) in [7, 11) is 0. The van der Waals surface area contributed by atoms with Crippen LogP contribution in [-0.2, 0) is 12.8 Å². The van der Waals surface area contributed by atoms with Gasteiger partial charge in [-0.05, 0) is 24.0 Å². The fourth-order valence-corrected chi connectivity index (χ4v) is 2.20. The molecule has 1 aliphatic rings. The lowest BCUT2D eigenvalue weighted by Crippen LogP contribution is -2.15. The fraction of sp³-hybridized carbons (Fsp3) is 0.133. The Labute approximate surface area is 94.7 Å². The molecule has 0 heterocycles. The molecule has 0 radical (unpaired) electrons. The van der Waals surface area contributed by atoms with Gasteiger partial charge in [0.25, 0.3) is 0 Å². The highest BCUT2D eigenvalue weighted by Gasteiger charge is 2.20. The molecular weight excluding hydrogens is 196 g/mol. The highest BCUT2D eigenvalue weighted by Crippen LogP contribution is 2.27. The number of carbonyl (C=O) groups excluding carboxylic acids is 1. The summed E-state index contributed by atoms with van der Waals surface area (Å²) < 4.78 is 0. The summed E-state index contributed by atoms with van der Waals surface area (Å²) in [5.74, 6) is 0.150. The van der Waals surface area contributed by atoms with Gasteiger partial charge in [-0.25, -0.2) is 0 Å². The van der Waals surface area contributed by atoms with Gasteiger partial charge in [-0.2, -0.15) is 0 Å². The number of rotatable bonds is 2. The summed E-state index contributed by atoms with van der Waals surface area (Å²) >= 11 is 0. The predicted molar refractivity (Wildman–Crippen MR) is 63.7 cm³/mol. The SMILES string of the molecule is O=C(c1ccccc1)c1cccc2c1CC2. The second kappa shape index (κ2) is 3.60. The Hall–Kier alpha value is -1.89. The van der Waals surface area contributed by atoms with E-state index in [2.05, 4.69) is 6.07 Å². The van der Waals surface area contributed by atoms with Gasteiger partial charge in [0.15, 0.2) is 5.78 Å². The third-order valence-corrected chi connectivity index (χ3v) is 3.20. The summed E-state index contributed by atoms with van der Waals surface area (Å²) in [5.41, 5.74) is 4.25. The number of ketones is 1. The topological polar surface area (TPSA) is 17.1 Å². The van der Waals surface area contributed by atoms with Crippen molar-refractivity contribution in [3.63, 3.8) is 0 Å². The maximum Gasteiger partial charge on any atom is 0.193 e. The van der Waals surface area contributed by atoms with E-state index in [4.69, 9.17) is 0 Å². The molecule has 0 atom stereocenters. The molecule has 0 aliphatic heterocycles. The molecule has 1 heteroatoms. The third-order valence-electron chi connectivity index (χ3n) is 3.20. The molecule has 0 unspecified atom stereocenters. The molecule has 3 rings (SSSR count). The largest absolute Gasteiger partial charge is 0.289 e. The molecule has 2 aromatic carbocycles. The number of fused-ring (bicyclic) bond motifs is 1. The van der Waals surface area contributed by atoms with Crippen molar-refractivity contribution in [2.45, 2.75) is 12.8 Å². The first-order chi connectivity index (χ1) is 7.86. The minimum atomic E-state index is 0.150. The molecule has 0 fully saturated rings. The van der Waals surface area contributed by atoms with Gasteiger partial charge in [-0.1, -0.05) is 48.5 Å². The van der Waals surface area contributed by atoms with E-state index < -0.39 is 0 Å². The first kappa shape index (κ1) is 9.34. The van der Waals surface area contributed by atoms with E-state index in [-0.39, 0.29) is 5.78 Å². The van der Waals surface area contributed by atoms with Crippen LogP contribution in [-0.4, -0.2) is 5.78 Å². The fourth-order valence-electron chi connectivity index (χ4n) is 2.20. The van der Waals surface area contributed by atoms with Gasteiger partial charge in [0.05, 0.1) is 0 Å². The van der Waals surface area contributed by atoms with Gasteiger partial charge in [-0.15, -0.1) is 0 Å². The van der Waals surface area contributed by atoms with Crippen molar-refractivity contribution in [2.75, 3.05) is 0 Å². The van der Waals surface area contributed by atoms with Crippen LogP contribution < -0.4 is 0 Å². The van der Waals surface area contributed by atoms with Crippen LogP contribution in [0.1, 0.15) is 27.0 Å². The smallest absolute Gasteiger partial charge is 0.193 e. The van der Waals surface area contributed by atoms with E-state index in [1.54, 1.807) is 0 Å². The highest BCUT2D eigenvalue weighted by atomic mass is 16.1. The standard InChI is InChI=1S/C15H12O/c16-15(12-5-2-1-3-6-12)14-8-4-7-11-9-10-13(11)14/h1-8H,9-10H2. The number of aryl methyl sites for hydroxylation is 1. The minimum Gasteiger partial charge on any atom is -0.289 e. The van der Waals surface area contributed by atoms with Crippen LogP contribution >= 0.6 is 0 Å². The Balaban J connectivity index is 2.05. The van der Waals surface area contributed by atoms with Crippen molar-refractivity contribution in [2.24, 2.45) is 0 Å². The van der Waals surface area contributed by atoms with Crippen molar-refractivity contribution in [3.8, 4) is 0 Å². The third kappa shape index (κ3) is 1.36. The Morgan fingerprint density at radius 2 is 1.69 bits per heavy atom. The van der Waals surface area contributed by atoms with Crippen LogP contribution in [0.15, 0.2) is 48.5 Å². The summed E-state index contributed by atoms with van der Waals surface area (Å²) in [6, 6.07) is 15.5. The Morgan fingerprint density at radius 3 is 2.38 bits per heavy atom. The normalized spacial score (nSPS) is 12.8. The van der Waals surface area contributed by atoms with Gasteiger partial charge >= 0.3 is 0 Å². The van der Waals surface area contributed by atoms with Gasteiger partial charge in [-0.3, -0.25) is 4.79 Å². The van der Waals surface area contributed by atoms with Crippen LogP contribution in [0.25, 0.3) is 0 Å². The Kier molecular flexibility index (Phi) is 2.10. The molecule has 0 N–H and O–H groups in total. The van der Waals surface area contributed by atoms with Crippen LogP contribution in [0, 0.1) is 0 Å². The molecule has 1 aliphatic carbocycles. The lowest BCUT2D eigenvalue weighted by atomic mass is 9.82. The monoisotopic (exact) mass is 208 g/mol. The molecule has 0 saturated carbocycles. The van der Waals surface area contributed by atoms with Crippen LogP contribution in [0.3, 0.4) is 0 Å². The second-order valence-corrected chi connectivity index (χ2v) is 4.14. The van der Waals surface area contributed by atoms with Gasteiger partial charge in [0, 0.05) is 11.1 Å². The van der Waals surface area contributed by atoms with Crippen molar-refractivity contribution in [1.29, 1.82) is 0 Å². The zero-order valence-electron chi connectivity index (χ0n) is 8.94. The lowest BCUT2D eigenvalue weighted by Gasteiger charge is -2.21. The van der Waals surface area contributed by atoms with E-state index >= 15 is 0 Å². The van der Waals surface area contributed by atoms with Crippen molar-refractivity contribution in [3.05, 3.63) is 70.8 Å². The summed E-state index contributed by atoms with van der Waals surface area (Å²) in [6.07, 6.45) is 2.16. The molecule has 78 valence electrons. The second-order valence-electron chi connectivity index (χ2n) is 4.14. The molecule has 2 aromatic rings. The molecule has 0 amide bonds. The maximum absolute atomic E-state index is 12.3. The Bertz CT molecular complexity index is 541. The number of carbonyl (C=O) groups is 1. The predicted octanol–water partition coefficient (Wildman–Crippen LogP) is 3.02. The minimum absolute atomic E-state index is 0.150. The average Bonchev–Trinajstić information content (AvgIpc) is 2.31. The van der Waals surface area contributed by atoms with Crippen molar-refractivity contribution < 1.29 is 4.79 Å². The van der Waals surface area contributed by atoms with Crippen molar-refractivity contribution in [1.82, 2.24) is 0 Å². The van der Waals surface area contributed by atoms with E-state index in [1.807, 2.05) is 42.5 Å². The maximum atomic E-state index is 12.3. The molecule has 0 saturated heterocycles. The molecular formula is C15H12O. The first-order valence-corrected chi connectivity index (χ1v) is 5.57. The van der Waals surface area contributed by atoms with Crippen LogP contribution in [0.4, 0.5) is 0 Å². The van der Waals surface area contributed by atoms with Gasteiger partial charge < -0.3 is 0 Å².